The Morgan fingerprint density at radius 3 is 2.81 bits per heavy atom. The minimum absolute atomic E-state index is 0.116. The highest BCUT2D eigenvalue weighted by molar-refractivity contribution is 7.10. The van der Waals surface area contributed by atoms with E-state index in [1.807, 2.05) is 53.1 Å². The van der Waals surface area contributed by atoms with Crippen LogP contribution in [-0.2, 0) is 6.54 Å². The summed E-state index contributed by atoms with van der Waals surface area (Å²) in [5.74, 6) is 0.269. The van der Waals surface area contributed by atoms with E-state index in [1.54, 1.807) is 17.5 Å². The third kappa shape index (κ3) is 3.48. The number of nitrogens with zero attached hydrogens (tertiary/aromatic N) is 3. The maximum absolute atomic E-state index is 12.8. The highest BCUT2D eigenvalue weighted by Crippen LogP contribution is 2.29. The maximum atomic E-state index is 12.8. The van der Waals surface area contributed by atoms with Crippen LogP contribution in [0.5, 0.6) is 0 Å². The summed E-state index contributed by atoms with van der Waals surface area (Å²) >= 11 is 1.65. The van der Waals surface area contributed by atoms with Gasteiger partial charge in [-0.15, -0.1) is 11.3 Å². The first kappa shape index (κ1) is 17.4. The van der Waals surface area contributed by atoms with Crippen molar-refractivity contribution in [3.8, 4) is 11.4 Å². The molecule has 0 radical (unpaired) electrons. The Kier molecular flexibility index (Phi) is 4.73. The second-order valence-corrected chi connectivity index (χ2v) is 7.52. The highest BCUT2D eigenvalue weighted by atomic mass is 32.1. The molecule has 0 aliphatic heterocycles. The van der Waals surface area contributed by atoms with Gasteiger partial charge in [-0.2, -0.15) is 0 Å². The van der Waals surface area contributed by atoms with E-state index in [4.69, 9.17) is 4.98 Å². The molecular weight excluding hydrogens is 356 g/mol. The lowest BCUT2D eigenvalue weighted by atomic mass is 10.2. The average Bonchev–Trinajstić information content (AvgIpc) is 3.32. The van der Waals surface area contributed by atoms with Crippen molar-refractivity contribution in [1.29, 1.82) is 0 Å². The van der Waals surface area contributed by atoms with Crippen LogP contribution >= 0.6 is 11.3 Å². The summed E-state index contributed by atoms with van der Waals surface area (Å²) in [4.78, 5) is 21.8. The van der Waals surface area contributed by atoms with E-state index in [0.29, 0.717) is 18.0 Å². The number of hydrogen-bond donors (Lipinski definition) is 1. The molecule has 1 N–H and O–H groups in total. The van der Waals surface area contributed by atoms with Gasteiger partial charge >= 0.3 is 0 Å². The first-order valence-electron chi connectivity index (χ1n) is 8.87. The van der Waals surface area contributed by atoms with Gasteiger partial charge in [0, 0.05) is 23.7 Å². The van der Waals surface area contributed by atoms with Crippen LogP contribution in [0.15, 0.2) is 60.2 Å². The third-order valence-electron chi connectivity index (χ3n) is 4.36. The van der Waals surface area contributed by atoms with E-state index in [2.05, 4.69) is 29.5 Å². The van der Waals surface area contributed by atoms with E-state index in [9.17, 15) is 4.79 Å². The Hall–Kier alpha value is -2.99. The van der Waals surface area contributed by atoms with Crippen molar-refractivity contribution in [3.05, 3.63) is 76.5 Å². The van der Waals surface area contributed by atoms with Crippen LogP contribution in [-0.4, -0.2) is 20.3 Å². The standard InChI is InChI=1S/C21H20N4OS/c1-14(2)21-24-17(13-27-21)19-11-16(18-8-4-6-10-25(18)19)20(26)23-12-15-7-3-5-9-22-15/h3-11,13-14H,12H2,1-2H3,(H,23,26). The zero-order valence-corrected chi connectivity index (χ0v) is 16.0. The van der Waals surface area contributed by atoms with Gasteiger partial charge < -0.3 is 9.72 Å². The number of pyridine rings is 2. The molecule has 6 heteroatoms. The molecule has 0 aromatic carbocycles. The van der Waals surface area contributed by atoms with E-state index >= 15 is 0 Å². The molecule has 4 heterocycles. The molecule has 0 saturated heterocycles. The fraction of sp³-hybridized carbons (Fsp3) is 0.190. The number of rotatable bonds is 5. The molecule has 0 atom stereocenters. The molecule has 136 valence electrons. The predicted molar refractivity (Wildman–Crippen MR) is 108 cm³/mol. The molecule has 1 amide bonds. The highest BCUT2D eigenvalue weighted by Gasteiger charge is 2.18. The minimum Gasteiger partial charge on any atom is -0.346 e. The molecule has 4 aromatic heterocycles. The van der Waals surface area contributed by atoms with E-state index in [0.717, 1.165) is 27.6 Å². The lowest BCUT2D eigenvalue weighted by molar-refractivity contribution is 0.0952. The number of carbonyl (C=O) groups is 1. The van der Waals surface area contributed by atoms with Gasteiger partial charge in [0.1, 0.15) is 0 Å². The van der Waals surface area contributed by atoms with Gasteiger partial charge in [-0.1, -0.05) is 26.0 Å². The Morgan fingerprint density at radius 2 is 2.07 bits per heavy atom. The van der Waals surface area contributed by atoms with Crippen molar-refractivity contribution < 1.29 is 4.79 Å². The summed E-state index contributed by atoms with van der Waals surface area (Å²) in [6.45, 7) is 4.66. The quantitative estimate of drug-likeness (QED) is 0.557. The van der Waals surface area contributed by atoms with Crippen LogP contribution in [0.25, 0.3) is 16.9 Å². The molecule has 27 heavy (non-hydrogen) atoms. The van der Waals surface area contributed by atoms with Crippen LogP contribution in [0.4, 0.5) is 0 Å². The van der Waals surface area contributed by atoms with Gasteiger partial charge in [0.2, 0.25) is 0 Å². The van der Waals surface area contributed by atoms with Crippen molar-refractivity contribution in [3.63, 3.8) is 0 Å². The molecule has 0 aliphatic rings. The summed E-state index contributed by atoms with van der Waals surface area (Å²) < 4.78 is 2.02. The van der Waals surface area contributed by atoms with Gasteiger partial charge in [0.05, 0.1) is 39.7 Å². The van der Waals surface area contributed by atoms with Gasteiger partial charge in [0.25, 0.3) is 5.91 Å². The van der Waals surface area contributed by atoms with Crippen molar-refractivity contribution in [1.82, 2.24) is 19.7 Å². The molecule has 0 spiro atoms. The minimum atomic E-state index is -0.116. The number of hydrogen-bond acceptors (Lipinski definition) is 4. The fourth-order valence-electron chi connectivity index (χ4n) is 2.97. The van der Waals surface area contributed by atoms with Gasteiger partial charge in [0.15, 0.2) is 0 Å². The normalized spacial score (nSPS) is 11.2. The Labute approximate surface area is 161 Å². The monoisotopic (exact) mass is 376 g/mol. The lowest BCUT2D eigenvalue weighted by Crippen LogP contribution is -2.23. The summed E-state index contributed by atoms with van der Waals surface area (Å²) in [7, 11) is 0. The molecule has 5 nitrogen and oxygen atoms in total. The average molecular weight is 376 g/mol. The molecule has 0 unspecified atom stereocenters. The summed E-state index contributed by atoms with van der Waals surface area (Å²) in [5, 5.41) is 6.11. The molecular formula is C21H20N4OS. The van der Waals surface area contributed by atoms with Gasteiger partial charge in [-0.25, -0.2) is 4.98 Å². The Bertz CT molecular complexity index is 1080. The van der Waals surface area contributed by atoms with Crippen LogP contribution in [0.3, 0.4) is 0 Å². The van der Waals surface area contributed by atoms with Crippen molar-refractivity contribution in [2.24, 2.45) is 0 Å². The zero-order chi connectivity index (χ0) is 18.8. The number of amides is 1. The predicted octanol–water partition coefficient (Wildman–Crippen LogP) is 4.51. The zero-order valence-electron chi connectivity index (χ0n) is 15.2. The molecule has 0 saturated carbocycles. The second kappa shape index (κ2) is 7.32. The van der Waals surface area contributed by atoms with Crippen LogP contribution in [0, 0.1) is 0 Å². The number of fused-ring (bicyclic) bond motifs is 1. The Morgan fingerprint density at radius 1 is 1.22 bits per heavy atom. The summed E-state index contributed by atoms with van der Waals surface area (Å²) in [5.41, 5.74) is 4.16. The van der Waals surface area contributed by atoms with Crippen molar-refractivity contribution >= 4 is 22.8 Å². The van der Waals surface area contributed by atoms with E-state index < -0.39 is 0 Å². The smallest absolute Gasteiger partial charge is 0.253 e. The van der Waals surface area contributed by atoms with Gasteiger partial charge in [-0.3, -0.25) is 9.78 Å². The van der Waals surface area contributed by atoms with Crippen LogP contribution < -0.4 is 5.32 Å². The first-order valence-corrected chi connectivity index (χ1v) is 9.75. The number of aromatic nitrogens is 3. The van der Waals surface area contributed by atoms with E-state index in [-0.39, 0.29) is 5.91 Å². The van der Waals surface area contributed by atoms with Crippen molar-refractivity contribution in [2.45, 2.75) is 26.3 Å². The van der Waals surface area contributed by atoms with E-state index in [1.165, 1.54) is 0 Å². The largest absolute Gasteiger partial charge is 0.346 e. The van der Waals surface area contributed by atoms with Crippen molar-refractivity contribution in [2.75, 3.05) is 0 Å². The third-order valence-corrected chi connectivity index (χ3v) is 5.50. The molecule has 0 fully saturated rings. The second-order valence-electron chi connectivity index (χ2n) is 6.63. The molecule has 0 bridgehead atoms. The summed E-state index contributed by atoms with van der Waals surface area (Å²) in [6.07, 6.45) is 3.69. The van der Waals surface area contributed by atoms with Gasteiger partial charge in [-0.05, 0) is 30.3 Å². The number of thiazole rings is 1. The lowest BCUT2D eigenvalue weighted by Gasteiger charge is -2.04. The van der Waals surface area contributed by atoms with Crippen LogP contribution in [0.2, 0.25) is 0 Å². The topological polar surface area (TPSA) is 59.3 Å². The molecule has 4 aromatic rings. The van der Waals surface area contributed by atoms with Crippen LogP contribution in [0.1, 0.15) is 40.8 Å². The Balaban J connectivity index is 1.68. The number of carbonyl (C=O) groups excluding carboxylic acids is 1. The fourth-order valence-corrected chi connectivity index (χ4v) is 3.80. The first-order chi connectivity index (χ1) is 13.1. The SMILES string of the molecule is CC(C)c1nc(-c2cc(C(=O)NCc3ccccn3)c3ccccn23)cs1. The molecule has 0 aliphatic carbocycles. The maximum Gasteiger partial charge on any atom is 0.253 e. The summed E-state index contributed by atoms with van der Waals surface area (Å²) in [6, 6.07) is 13.4. The molecule has 4 rings (SSSR count). The number of nitrogens with one attached hydrogen (secondary N) is 1.